The second-order valence-electron chi connectivity index (χ2n) is 4.07. The summed E-state index contributed by atoms with van der Waals surface area (Å²) >= 11 is 6.05. The topological polar surface area (TPSA) is 61.3 Å². The number of halogens is 1. The smallest absolute Gasteiger partial charge is 0.342 e. The Morgan fingerprint density at radius 3 is 2.77 bits per heavy atom. The summed E-state index contributed by atoms with van der Waals surface area (Å²) in [5.74, 6) is 5.17. The van der Waals surface area contributed by atoms with Crippen LogP contribution < -0.4 is 4.74 Å². The van der Waals surface area contributed by atoms with E-state index in [2.05, 4.69) is 21.8 Å². The van der Waals surface area contributed by atoms with Crippen molar-refractivity contribution in [1.82, 2.24) is 9.97 Å². The van der Waals surface area contributed by atoms with E-state index in [-0.39, 0.29) is 23.9 Å². The first kappa shape index (κ1) is 15.8. The maximum atomic E-state index is 11.9. The van der Waals surface area contributed by atoms with Gasteiger partial charge in [-0.2, -0.15) is 4.98 Å². The van der Waals surface area contributed by atoms with Gasteiger partial charge >= 0.3 is 12.0 Å². The van der Waals surface area contributed by atoms with Crippen LogP contribution in [0.25, 0.3) is 0 Å². The predicted octanol–water partition coefficient (Wildman–Crippen LogP) is 2.72. The van der Waals surface area contributed by atoms with Crippen molar-refractivity contribution in [3.63, 3.8) is 0 Å². The van der Waals surface area contributed by atoms with Gasteiger partial charge in [-0.25, -0.2) is 9.78 Å². The van der Waals surface area contributed by atoms with Gasteiger partial charge in [0.15, 0.2) is 0 Å². The first-order valence-corrected chi connectivity index (χ1v) is 6.88. The quantitative estimate of drug-likeness (QED) is 0.643. The number of hydrogen-bond donors (Lipinski definition) is 0. The summed E-state index contributed by atoms with van der Waals surface area (Å²) < 4.78 is 9.92. The number of carbonyl (C=O) groups is 1. The molecule has 1 aromatic heterocycles. The Morgan fingerprint density at radius 2 is 2.09 bits per heavy atom. The first-order valence-electron chi connectivity index (χ1n) is 6.50. The summed E-state index contributed by atoms with van der Waals surface area (Å²) in [7, 11) is 1.44. The highest BCUT2D eigenvalue weighted by Crippen LogP contribution is 2.14. The molecule has 22 heavy (non-hydrogen) atoms. The molecular formula is C16H13ClN2O3. The minimum atomic E-state index is -0.534. The summed E-state index contributed by atoms with van der Waals surface area (Å²) in [6.45, 7) is 1.97. The van der Waals surface area contributed by atoms with Gasteiger partial charge in [-0.15, -0.1) is 0 Å². The van der Waals surface area contributed by atoms with E-state index in [1.807, 2.05) is 12.1 Å². The molecule has 0 radical (unpaired) electrons. The standard InChI is InChI=1S/C16H13ClN2O3/c1-3-22-15(20)12-10-18-16(21-2)19-14(12)9-8-11-6-4-5-7-13(11)17/h4-7,10H,3H2,1-2H3. The van der Waals surface area contributed by atoms with Crippen LogP contribution in [0.1, 0.15) is 28.5 Å². The zero-order valence-corrected chi connectivity index (χ0v) is 12.8. The van der Waals surface area contributed by atoms with Gasteiger partial charge in [0.1, 0.15) is 11.3 Å². The number of carbonyl (C=O) groups excluding carboxylic acids is 1. The number of esters is 1. The fourth-order valence-electron chi connectivity index (χ4n) is 1.61. The zero-order valence-electron chi connectivity index (χ0n) is 12.1. The van der Waals surface area contributed by atoms with E-state index in [1.54, 1.807) is 19.1 Å². The van der Waals surface area contributed by atoms with Crippen LogP contribution in [-0.4, -0.2) is 29.7 Å². The average Bonchev–Trinajstić information content (AvgIpc) is 2.54. The highest BCUT2D eigenvalue weighted by Gasteiger charge is 2.14. The van der Waals surface area contributed by atoms with Gasteiger partial charge in [0, 0.05) is 11.8 Å². The van der Waals surface area contributed by atoms with Crippen molar-refractivity contribution in [3.8, 4) is 17.9 Å². The van der Waals surface area contributed by atoms with Crippen molar-refractivity contribution in [3.05, 3.63) is 52.3 Å². The van der Waals surface area contributed by atoms with Crippen molar-refractivity contribution in [2.45, 2.75) is 6.92 Å². The summed E-state index contributed by atoms with van der Waals surface area (Å²) in [5.41, 5.74) is 1.05. The van der Waals surface area contributed by atoms with Gasteiger partial charge in [0.2, 0.25) is 0 Å². The van der Waals surface area contributed by atoms with Crippen LogP contribution in [0, 0.1) is 11.8 Å². The maximum Gasteiger partial charge on any atom is 0.342 e. The third kappa shape index (κ3) is 3.74. The second kappa shape index (κ2) is 7.43. The second-order valence-corrected chi connectivity index (χ2v) is 4.48. The van der Waals surface area contributed by atoms with E-state index >= 15 is 0 Å². The third-order valence-electron chi connectivity index (χ3n) is 2.63. The molecule has 112 valence electrons. The molecule has 0 aliphatic carbocycles. The Morgan fingerprint density at radius 1 is 1.32 bits per heavy atom. The zero-order chi connectivity index (χ0) is 15.9. The number of aromatic nitrogens is 2. The molecule has 0 aliphatic heterocycles. The lowest BCUT2D eigenvalue weighted by atomic mass is 10.2. The van der Waals surface area contributed by atoms with Crippen LogP contribution in [-0.2, 0) is 4.74 Å². The Hall–Kier alpha value is -2.58. The lowest BCUT2D eigenvalue weighted by molar-refractivity contribution is 0.0525. The van der Waals surface area contributed by atoms with Gasteiger partial charge < -0.3 is 9.47 Å². The number of methoxy groups -OCH3 is 1. The molecule has 0 atom stereocenters. The van der Waals surface area contributed by atoms with Crippen molar-refractivity contribution in [2.75, 3.05) is 13.7 Å². The number of nitrogens with zero attached hydrogens (tertiary/aromatic N) is 2. The number of ether oxygens (including phenoxy) is 2. The van der Waals surface area contributed by atoms with Gasteiger partial charge in [-0.1, -0.05) is 29.7 Å². The van der Waals surface area contributed by atoms with Crippen molar-refractivity contribution < 1.29 is 14.3 Å². The SMILES string of the molecule is CCOC(=O)c1cnc(OC)nc1C#Cc1ccccc1Cl. The van der Waals surface area contributed by atoms with E-state index in [1.165, 1.54) is 13.3 Å². The number of benzene rings is 1. The highest BCUT2D eigenvalue weighted by atomic mass is 35.5. The predicted molar refractivity (Wildman–Crippen MR) is 82.0 cm³/mol. The summed E-state index contributed by atoms with van der Waals surface area (Å²) in [5, 5.41) is 0.522. The van der Waals surface area contributed by atoms with Crippen LogP contribution in [0.5, 0.6) is 6.01 Å². The van der Waals surface area contributed by atoms with Crippen LogP contribution in [0.2, 0.25) is 5.02 Å². The molecule has 0 aliphatic rings. The van der Waals surface area contributed by atoms with Crippen LogP contribution in [0.15, 0.2) is 30.5 Å². The summed E-state index contributed by atoms with van der Waals surface area (Å²) in [6, 6.07) is 7.26. The van der Waals surface area contributed by atoms with Crippen molar-refractivity contribution >= 4 is 17.6 Å². The molecule has 0 fully saturated rings. The molecule has 0 bridgehead atoms. The molecule has 0 N–H and O–H groups in total. The molecule has 5 nitrogen and oxygen atoms in total. The fraction of sp³-hybridized carbons (Fsp3) is 0.188. The molecule has 2 aromatic rings. The highest BCUT2D eigenvalue weighted by molar-refractivity contribution is 6.31. The molecule has 0 amide bonds. The Kier molecular flexibility index (Phi) is 5.34. The number of rotatable bonds is 3. The largest absolute Gasteiger partial charge is 0.467 e. The molecule has 1 aromatic carbocycles. The molecule has 0 saturated carbocycles. The normalized spacial score (nSPS) is 9.59. The van der Waals surface area contributed by atoms with E-state index in [0.29, 0.717) is 10.6 Å². The molecule has 0 spiro atoms. The first-order chi connectivity index (χ1) is 10.7. The molecule has 6 heteroatoms. The summed E-state index contributed by atoms with van der Waals surface area (Å²) in [6.07, 6.45) is 1.33. The van der Waals surface area contributed by atoms with Gasteiger partial charge in [-0.05, 0) is 25.0 Å². The molecule has 2 rings (SSSR count). The van der Waals surface area contributed by atoms with E-state index in [9.17, 15) is 4.79 Å². The molecular weight excluding hydrogens is 304 g/mol. The van der Waals surface area contributed by atoms with Crippen molar-refractivity contribution in [1.29, 1.82) is 0 Å². The lowest BCUT2D eigenvalue weighted by Gasteiger charge is -2.04. The van der Waals surface area contributed by atoms with Crippen molar-refractivity contribution in [2.24, 2.45) is 0 Å². The molecule has 0 saturated heterocycles. The Bertz CT molecular complexity index is 751. The van der Waals surface area contributed by atoms with Gasteiger partial charge in [-0.3, -0.25) is 0 Å². The fourth-order valence-corrected chi connectivity index (χ4v) is 1.79. The Labute approximate surface area is 133 Å². The molecule has 1 heterocycles. The minimum absolute atomic E-state index is 0.122. The van der Waals surface area contributed by atoms with E-state index in [0.717, 1.165) is 0 Å². The van der Waals surface area contributed by atoms with Gasteiger partial charge in [0.25, 0.3) is 0 Å². The monoisotopic (exact) mass is 316 g/mol. The van der Waals surface area contributed by atoms with Crippen LogP contribution >= 0.6 is 11.6 Å². The summed E-state index contributed by atoms with van der Waals surface area (Å²) in [4.78, 5) is 19.9. The average molecular weight is 317 g/mol. The maximum absolute atomic E-state index is 11.9. The minimum Gasteiger partial charge on any atom is -0.467 e. The lowest BCUT2D eigenvalue weighted by Crippen LogP contribution is -2.10. The Balaban J connectivity index is 2.45. The van der Waals surface area contributed by atoms with E-state index < -0.39 is 5.97 Å². The van der Waals surface area contributed by atoms with E-state index in [4.69, 9.17) is 21.1 Å². The number of hydrogen-bond acceptors (Lipinski definition) is 5. The third-order valence-corrected chi connectivity index (χ3v) is 2.96. The molecule has 0 unspecified atom stereocenters. The van der Waals surface area contributed by atoms with Gasteiger partial charge in [0.05, 0.1) is 18.7 Å². The van der Waals surface area contributed by atoms with Crippen LogP contribution in [0.4, 0.5) is 0 Å². The van der Waals surface area contributed by atoms with Crippen LogP contribution in [0.3, 0.4) is 0 Å².